The number of aromatic nitrogens is 1. The monoisotopic (exact) mass is 380 g/mol. The van der Waals surface area contributed by atoms with Crippen molar-refractivity contribution in [3.63, 3.8) is 0 Å². The lowest BCUT2D eigenvalue weighted by atomic mass is 9.85. The molecule has 2 N–H and O–H groups in total. The number of ether oxygens (including phenoxy) is 1. The van der Waals surface area contributed by atoms with Gasteiger partial charge in [-0.2, -0.15) is 0 Å². The predicted octanol–water partition coefficient (Wildman–Crippen LogP) is 3.61. The van der Waals surface area contributed by atoms with Crippen LogP contribution in [0.15, 0.2) is 36.4 Å². The Bertz CT molecular complexity index is 831. The maximum absolute atomic E-state index is 13.1. The van der Waals surface area contributed by atoms with E-state index in [2.05, 4.69) is 39.5 Å². The molecule has 0 bridgehead atoms. The minimum atomic E-state index is 0.0122. The summed E-state index contributed by atoms with van der Waals surface area (Å²) in [7, 11) is 1.67. The molecule has 1 aromatic heterocycles. The van der Waals surface area contributed by atoms with E-state index in [1.807, 2.05) is 19.1 Å². The van der Waals surface area contributed by atoms with Crippen LogP contribution >= 0.6 is 0 Å². The van der Waals surface area contributed by atoms with Crippen LogP contribution in [0, 0.1) is 12.8 Å². The molecule has 148 valence electrons. The van der Waals surface area contributed by atoms with Crippen LogP contribution in [-0.4, -0.2) is 19.2 Å². The Morgan fingerprint density at radius 3 is 2.64 bits per heavy atom. The average molecular weight is 381 g/mol. The van der Waals surface area contributed by atoms with Crippen molar-refractivity contribution in [2.45, 2.75) is 58.3 Å². The lowest BCUT2D eigenvalue weighted by Gasteiger charge is -2.38. The van der Waals surface area contributed by atoms with Gasteiger partial charge in [-0.3, -0.25) is 4.79 Å². The maximum atomic E-state index is 13.1. The molecule has 1 aliphatic carbocycles. The van der Waals surface area contributed by atoms with E-state index in [0.717, 1.165) is 29.2 Å². The van der Waals surface area contributed by atoms with Crippen molar-refractivity contribution < 1.29 is 14.5 Å². The number of rotatable bonds is 5. The minimum Gasteiger partial charge on any atom is -0.380 e. The number of aryl methyl sites for hydroxylation is 1. The maximum Gasteiger partial charge on any atom is 0.289 e. The number of carbonyl (C=O) groups excluding carboxylic acids is 1. The molecule has 0 radical (unpaired) electrons. The summed E-state index contributed by atoms with van der Waals surface area (Å²) < 4.78 is 5.38. The number of anilines is 1. The summed E-state index contributed by atoms with van der Waals surface area (Å²) in [5.41, 5.74) is 3.94. The average Bonchev–Trinajstić information content (AvgIpc) is 2.71. The number of aromatic amines is 1. The van der Waals surface area contributed by atoms with E-state index in [0.29, 0.717) is 12.5 Å². The van der Waals surface area contributed by atoms with Gasteiger partial charge in [0.25, 0.3) is 11.7 Å². The molecule has 0 spiro atoms. The number of nitrogens with zero attached hydrogens (tertiary/aromatic N) is 1. The van der Waals surface area contributed by atoms with Crippen LogP contribution in [0.5, 0.6) is 0 Å². The van der Waals surface area contributed by atoms with E-state index in [4.69, 9.17) is 4.74 Å². The predicted molar refractivity (Wildman–Crippen MR) is 109 cm³/mol. The zero-order valence-electron chi connectivity index (χ0n) is 16.8. The summed E-state index contributed by atoms with van der Waals surface area (Å²) >= 11 is 0. The highest BCUT2D eigenvalue weighted by Gasteiger charge is 2.43. The molecule has 5 heteroatoms. The van der Waals surface area contributed by atoms with Crippen LogP contribution in [0.3, 0.4) is 0 Å². The Balaban J connectivity index is 1.78. The third-order valence-electron chi connectivity index (χ3n) is 5.99. The second kappa shape index (κ2) is 8.31. The van der Waals surface area contributed by atoms with Crippen LogP contribution in [0.4, 0.5) is 5.82 Å². The Hall–Kier alpha value is -2.40. The van der Waals surface area contributed by atoms with E-state index in [1.54, 1.807) is 7.11 Å². The third kappa shape index (κ3) is 3.76. The van der Waals surface area contributed by atoms with Crippen LogP contribution in [0.25, 0.3) is 0 Å². The van der Waals surface area contributed by atoms with Crippen molar-refractivity contribution in [3.05, 3.63) is 58.8 Å². The normalized spacial score (nSPS) is 20.0. The molecule has 0 unspecified atom stereocenters. The molecule has 28 heavy (non-hydrogen) atoms. The molecule has 1 saturated carbocycles. The highest BCUT2D eigenvalue weighted by molar-refractivity contribution is 6.01. The molecular formula is C23H30N3O2+. The van der Waals surface area contributed by atoms with E-state index < -0.39 is 0 Å². The summed E-state index contributed by atoms with van der Waals surface area (Å²) in [4.78, 5) is 19.0. The summed E-state index contributed by atoms with van der Waals surface area (Å²) in [5, 5.41) is 3.34. The standard InChI is InChI=1S/C23H29N3O2/c1-16-13-19(15-28-2)20-22(24-16)26(14-17-9-5-3-6-10-17)21(25-23(20)27)18-11-7-4-8-12-18/h3,5-6,9-10,13,18,21H,4,7-8,11-12,14-15H2,1-2H3,(H,25,27)/p+1/t21-/m0/s1. The second-order valence-electron chi connectivity index (χ2n) is 8.06. The van der Waals surface area contributed by atoms with Gasteiger partial charge in [0, 0.05) is 18.6 Å². The van der Waals surface area contributed by atoms with Gasteiger partial charge in [-0.15, -0.1) is 0 Å². The van der Waals surface area contributed by atoms with Gasteiger partial charge in [-0.25, -0.2) is 9.88 Å². The van der Waals surface area contributed by atoms with Crippen LogP contribution < -0.4 is 15.2 Å². The highest BCUT2D eigenvalue weighted by Crippen LogP contribution is 2.35. The number of methoxy groups -OCH3 is 1. The number of pyridine rings is 1. The molecule has 1 atom stereocenters. The molecule has 1 amide bonds. The first kappa shape index (κ1) is 18.9. The van der Waals surface area contributed by atoms with Gasteiger partial charge in [-0.1, -0.05) is 49.6 Å². The topological polar surface area (TPSA) is 55.7 Å². The number of carbonyl (C=O) groups is 1. The number of amides is 1. The molecule has 2 heterocycles. The minimum absolute atomic E-state index is 0.0122. The van der Waals surface area contributed by atoms with Crippen molar-refractivity contribution >= 4 is 11.7 Å². The van der Waals surface area contributed by atoms with Crippen LogP contribution in [-0.2, 0) is 17.9 Å². The van der Waals surface area contributed by atoms with Crippen molar-refractivity contribution in [1.29, 1.82) is 0 Å². The van der Waals surface area contributed by atoms with E-state index in [-0.39, 0.29) is 12.1 Å². The van der Waals surface area contributed by atoms with Gasteiger partial charge in [0.2, 0.25) is 0 Å². The highest BCUT2D eigenvalue weighted by atomic mass is 16.5. The molecule has 2 aromatic rings. The number of nitrogens with one attached hydrogen (secondary N) is 2. The number of H-pyrrole nitrogens is 1. The van der Waals surface area contributed by atoms with Crippen LogP contribution in [0.1, 0.15) is 59.3 Å². The second-order valence-corrected chi connectivity index (χ2v) is 8.06. The summed E-state index contributed by atoms with van der Waals surface area (Å²) in [6, 6.07) is 12.5. The van der Waals surface area contributed by atoms with Crippen molar-refractivity contribution in [3.8, 4) is 0 Å². The smallest absolute Gasteiger partial charge is 0.289 e. The Morgan fingerprint density at radius 1 is 1.18 bits per heavy atom. The van der Waals surface area contributed by atoms with Gasteiger partial charge < -0.3 is 10.1 Å². The van der Waals surface area contributed by atoms with Gasteiger partial charge in [0.15, 0.2) is 6.17 Å². The van der Waals surface area contributed by atoms with Gasteiger partial charge in [0.05, 0.1) is 12.3 Å². The van der Waals surface area contributed by atoms with E-state index in [1.165, 1.54) is 37.7 Å². The van der Waals surface area contributed by atoms with Gasteiger partial charge in [0.1, 0.15) is 12.1 Å². The molecule has 2 aliphatic rings. The van der Waals surface area contributed by atoms with Crippen molar-refractivity contribution in [2.24, 2.45) is 5.92 Å². The van der Waals surface area contributed by atoms with E-state index >= 15 is 0 Å². The van der Waals surface area contributed by atoms with E-state index in [9.17, 15) is 4.79 Å². The molecule has 1 aromatic carbocycles. The molecule has 4 rings (SSSR count). The lowest BCUT2D eigenvalue weighted by molar-refractivity contribution is -0.375. The zero-order valence-corrected chi connectivity index (χ0v) is 16.8. The molecule has 1 aliphatic heterocycles. The molecular weight excluding hydrogens is 350 g/mol. The number of hydrogen-bond acceptors (Lipinski definition) is 3. The summed E-state index contributed by atoms with van der Waals surface area (Å²) in [6.07, 6.45) is 6.15. The van der Waals surface area contributed by atoms with Crippen molar-refractivity contribution in [1.82, 2.24) is 5.32 Å². The first-order chi connectivity index (χ1) is 13.7. The molecule has 0 saturated heterocycles. The van der Waals surface area contributed by atoms with Gasteiger partial charge in [-0.05, 0) is 31.4 Å². The summed E-state index contributed by atoms with van der Waals surface area (Å²) in [6.45, 7) is 3.24. The fourth-order valence-corrected chi connectivity index (χ4v) is 4.71. The Morgan fingerprint density at radius 2 is 1.93 bits per heavy atom. The fraction of sp³-hybridized carbons (Fsp3) is 0.478. The largest absolute Gasteiger partial charge is 0.380 e. The Labute approximate surface area is 167 Å². The van der Waals surface area contributed by atoms with Crippen molar-refractivity contribution in [2.75, 3.05) is 12.0 Å². The fourth-order valence-electron chi connectivity index (χ4n) is 4.71. The summed E-state index contributed by atoms with van der Waals surface area (Å²) in [5.74, 6) is 1.42. The lowest BCUT2D eigenvalue weighted by Crippen LogP contribution is -2.58. The van der Waals surface area contributed by atoms with Gasteiger partial charge >= 0.3 is 0 Å². The molecule has 5 nitrogen and oxygen atoms in total. The number of hydrogen-bond donors (Lipinski definition) is 1. The first-order valence-corrected chi connectivity index (χ1v) is 10.3. The van der Waals surface area contributed by atoms with Crippen LogP contribution in [0.2, 0.25) is 0 Å². The third-order valence-corrected chi connectivity index (χ3v) is 5.99. The SMILES string of the molecule is COCc1cc(C)[nH+]c2c1C(=O)N[C@H](C1CCCCC1)N2Cc1ccccc1. The quantitative estimate of drug-likeness (QED) is 0.862. The molecule has 1 fully saturated rings. The number of fused-ring (bicyclic) bond motifs is 1. The Kier molecular flexibility index (Phi) is 5.62. The first-order valence-electron chi connectivity index (χ1n) is 10.3. The number of benzene rings is 1. The zero-order chi connectivity index (χ0) is 19.5.